The van der Waals surface area contributed by atoms with Crippen molar-refractivity contribution in [3.05, 3.63) is 75.4 Å². The van der Waals surface area contributed by atoms with Crippen molar-refractivity contribution in [2.24, 2.45) is 12.2 Å². The molecule has 0 aliphatic rings. The minimum Gasteiger partial charge on any atom is -0.467 e. The van der Waals surface area contributed by atoms with Gasteiger partial charge in [0.25, 0.3) is 5.19 Å². The Labute approximate surface area is 210 Å². The summed E-state index contributed by atoms with van der Waals surface area (Å²) in [5.41, 5.74) is 0.715. The summed E-state index contributed by atoms with van der Waals surface area (Å²) < 4.78 is 18.2. The molecule has 2 aromatic heterocycles. The molecule has 182 valence electrons. The Morgan fingerprint density at radius 1 is 1.11 bits per heavy atom. The molecular formula is C23H23ClN6O4S. The van der Waals surface area contributed by atoms with Crippen LogP contribution in [-0.4, -0.2) is 42.1 Å². The van der Waals surface area contributed by atoms with Crippen molar-refractivity contribution in [3.63, 3.8) is 0 Å². The van der Waals surface area contributed by atoms with Gasteiger partial charge in [-0.25, -0.2) is 14.0 Å². The van der Waals surface area contributed by atoms with Crippen LogP contribution in [0.25, 0.3) is 5.69 Å². The molecule has 10 nitrogen and oxygen atoms in total. The summed E-state index contributed by atoms with van der Waals surface area (Å²) in [6, 6.07) is 14.3. The summed E-state index contributed by atoms with van der Waals surface area (Å²) in [7, 11) is 2.98. The summed E-state index contributed by atoms with van der Waals surface area (Å²) in [6.07, 6.45) is 0. The molecule has 12 heteroatoms. The van der Waals surface area contributed by atoms with E-state index in [0.717, 1.165) is 17.1 Å². The standard InChI is InChI=1S/C23H23ClN6O4S/c1-23(2,3)34-27-18(14-10-12-15(24)13-11-14)19-25-21(35-28-19)33-17-9-7-6-8-16(17)30-20(32-5)26-29(4)22(30)31/h6-13H,1-5H3. The molecule has 0 amide bonds. The van der Waals surface area contributed by atoms with Crippen molar-refractivity contribution in [1.82, 2.24) is 23.7 Å². The number of halogens is 1. The van der Waals surface area contributed by atoms with Gasteiger partial charge >= 0.3 is 11.7 Å². The van der Waals surface area contributed by atoms with Crippen LogP contribution >= 0.6 is 23.1 Å². The molecule has 4 aromatic rings. The van der Waals surface area contributed by atoms with Crippen LogP contribution in [0.2, 0.25) is 5.02 Å². The molecule has 2 aromatic carbocycles. The third-order valence-electron chi connectivity index (χ3n) is 4.53. The Kier molecular flexibility index (Phi) is 6.90. The number of benzene rings is 2. The van der Waals surface area contributed by atoms with E-state index in [1.807, 2.05) is 32.9 Å². The summed E-state index contributed by atoms with van der Waals surface area (Å²) in [6.45, 7) is 5.68. The zero-order chi connectivity index (χ0) is 25.2. The zero-order valence-electron chi connectivity index (χ0n) is 19.7. The van der Waals surface area contributed by atoms with Gasteiger partial charge < -0.3 is 14.3 Å². The number of methoxy groups -OCH3 is 1. The first kappa shape index (κ1) is 24.4. The zero-order valence-corrected chi connectivity index (χ0v) is 21.3. The van der Waals surface area contributed by atoms with E-state index >= 15 is 0 Å². The van der Waals surface area contributed by atoms with Crippen molar-refractivity contribution < 1.29 is 14.3 Å². The number of nitrogens with zero attached hydrogens (tertiary/aromatic N) is 6. The van der Waals surface area contributed by atoms with Gasteiger partial charge in [-0.2, -0.15) is 9.36 Å². The van der Waals surface area contributed by atoms with Crippen LogP contribution in [0.1, 0.15) is 32.2 Å². The van der Waals surface area contributed by atoms with E-state index in [1.165, 1.54) is 16.4 Å². The highest BCUT2D eigenvalue weighted by Crippen LogP contribution is 2.30. The topological polar surface area (TPSA) is 106 Å². The lowest BCUT2D eigenvalue weighted by molar-refractivity contribution is 0.00111. The van der Waals surface area contributed by atoms with Crippen LogP contribution < -0.4 is 15.2 Å². The first-order chi connectivity index (χ1) is 16.7. The van der Waals surface area contributed by atoms with E-state index in [0.29, 0.717) is 28.0 Å². The molecule has 0 radical (unpaired) electrons. The predicted octanol–water partition coefficient (Wildman–Crippen LogP) is 4.44. The quantitative estimate of drug-likeness (QED) is 0.265. The highest BCUT2D eigenvalue weighted by Gasteiger charge is 2.21. The molecule has 0 unspecified atom stereocenters. The van der Waals surface area contributed by atoms with Gasteiger partial charge in [0.2, 0.25) is 0 Å². The van der Waals surface area contributed by atoms with Crippen molar-refractivity contribution in [1.29, 1.82) is 0 Å². The van der Waals surface area contributed by atoms with Crippen LogP contribution in [0, 0.1) is 0 Å². The Bertz CT molecular complexity index is 1420. The number of ether oxygens (including phenoxy) is 2. The molecule has 0 N–H and O–H groups in total. The Morgan fingerprint density at radius 2 is 1.83 bits per heavy atom. The maximum atomic E-state index is 12.6. The van der Waals surface area contributed by atoms with E-state index in [2.05, 4.69) is 19.6 Å². The largest absolute Gasteiger partial charge is 0.467 e. The number of aryl methyl sites for hydroxylation is 1. The number of oxime groups is 1. The highest BCUT2D eigenvalue weighted by molar-refractivity contribution is 7.07. The Morgan fingerprint density at radius 3 is 2.51 bits per heavy atom. The maximum Gasteiger partial charge on any atom is 0.353 e. The van der Waals surface area contributed by atoms with Gasteiger partial charge in [-0.05, 0) is 45.0 Å². The lowest BCUT2D eigenvalue weighted by Crippen LogP contribution is -2.22. The van der Waals surface area contributed by atoms with Crippen LogP contribution in [0.4, 0.5) is 0 Å². The lowest BCUT2D eigenvalue weighted by Gasteiger charge is -2.16. The summed E-state index contributed by atoms with van der Waals surface area (Å²) in [5.74, 6) is 0.699. The summed E-state index contributed by atoms with van der Waals surface area (Å²) in [5, 5.41) is 9.25. The van der Waals surface area contributed by atoms with Crippen LogP contribution in [0.3, 0.4) is 0 Å². The van der Waals surface area contributed by atoms with E-state index in [4.69, 9.17) is 25.9 Å². The first-order valence-electron chi connectivity index (χ1n) is 10.5. The number of hydrogen-bond acceptors (Lipinski definition) is 9. The second-order valence-corrected chi connectivity index (χ2v) is 9.48. The monoisotopic (exact) mass is 514 g/mol. The second-order valence-electron chi connectivity index (χ2n) is 8.33. The smallest absolute Gasteiger partial charge is 0.353 e. The second kappa shape index (κ2) is 9.88. The van der Waals surface area contributed by atoms with Gasteiger partial charge in [0, 0.05) is 29.2 Å². The number of hydrogen-bond donors (Lipinski definition) is 0. The molecule has 0 bridgehead atoms. The van der Waals surface area contributed by atoms with Crippen molar-refractivity contribution in [3.8, 4) is 22.6 Å². The average Bonchev–Trinajstić information content (AvgIpc) is 3.39. The van der Waals surface area contributed by atoms with E-state index in [9.17, 15) is 4.79 Å². The third kappa shape index (κ3) is 5.52. The van der Waals surface area contributed by atoms with Crippen molar-refractivity contribution in [2.75, 3.05) is 7.11 Å². The molecule has 4 rings (SSSR count). The fraction of sp³-hybridized carbons (Fsp3) is 0.261. The number of para-hydroxylation sites is 2. The minimum atomic E-state index is -0.512. The molecular weight excluding hydrogens is 492 g/mol. The van der Waals surface area contributed by atoms with Gasteiger partial charge in [0.05, 0.1) is 12.8 Å². The molecule has 2 heterocycles. The van der Waals surface area contributed by atoms with E-state index in [-0.39, 0.29) is 16.9 Å². The van der Waals surface area contributed by atoms with Crippen LogP contribution in [0.5, 0.6) is 17.0 Å². The fourth-order valence-electron chi connectivity index (χ4n) is 2.96. The van der Waals surface area contributed by atoms with E-state index < -0.39 is 5.60 Å². The number of rotatable bonds is 7. The van der Waals surface area contributed by atoms with Gasteiger partial charge in [-0.15, -0.1) is 5.10 Å². The average molecular weight is 515 g/mol. The van der Waals surface area contributed by atoms with Gasteiger partial charge in [0.1, 0.15) is 5.60 Å². The van der Waals surface area contributed by atoms with Crippen LogP contribution in [-0.2, 0) is 11.9 Å². The molecule has 0 saturated heterocycles. The lowest BCUT2D eigenvalue weighted by atomic mass is 10.1. The molecule has 0 saturated carbocycles. The van der Waals surface area contributed by atoms with Gasteiger partial charge in [-0.3, -0.25) is 0 Å². The molecule has 0 aliphatic carbocycles. The minimum absolute atomic E-state index is 0.128. The Balaban J connectivity index is 1.70. The summed E-state index contributed by atoms with van der Waals surface area (Å²) >= 11 is 7.09. The van der Waals surface area contributed by atoms with Crippen molar-refractivity contribution in [2.45, 2.75) is 26.4 Å². The molecule has 0 fully saturated rings. The molecule has 35 heavy (non-hydrogen) atoms. The first-order valence-corrected chi connectivity index (χ1v) is 11.6. The van der Waals surface area contributed by atoms with Gasteiger partial charge in [-0.1, -0.05) is 41.0 Å². The fourth-order valence-corrected chi connectivity index (χ4v) is 3.64. The SMILES string of the molecule is COc1nn(C)c(=O)n1-c1ccccc1Oc1nc(C(=NOC(C)(C)C)c2ccc(Cl)cc2)ns1. The van der Waals surface area contributed by atoms with Crippen molar-refractivity contribution >= 4 is 28.8 Å². The number of aromatic nitrogens is 5. The highest BCUT2D eigenvalue weighted by atomic mass is 35.5. The summed E-state index contributed by atoms with van der Waals surface area (Å²) in [4.78, 5) is 22.8. The molecule has 0 spiro atoms. The Hall–Kier alpha value is -3.70. The normalized spacial score (nSPS) is 12.0. The third-order valence-corrected chi connectivity index (χ3v) is 5.38. The van der Waals surface area contributed by atoms with Crippen LogP contribution in [0.15, 0.2) is 58.5 Å². The predicted molar refractivity (Wildman–Crippen MR) is 133 cm³/mol. The maximum absolute atomic E-state index is 12.6. The molecule has 0 aliphatic heterocycles. The molecule has 0 atom stereocenters. The van der Waals surface area contributed by atoms with E-state index in [1.54, 1.807) is 43.4 Å². The van der Waals surface area contributed by atoms with Gasteiger partial charge in [0.15, 0.2) is 17.3 Å².